The van der Waals surface area contributed by atoms with Crippen LogP contribution in [-0.4, -0.2) is 38.4 Å². The minimum Gasteiger partial charge on any atom is -0.314 e. The van der Waals surface area contributed by atoms with Gasteiger partial charge in [-0.05, 0) is 31.5 Å². The van der Waals surface area contributed by atoms with E-state index in [1.807, 2.05) is 19.9 Å². The van der Waals surface area contributed by atoms with Crippen LogP contribution in [0.15, 0.2) is 23.1 Å². The lowest BCUT2D eigenvalue weighted by atomic mass is 10.2. The molecule has 2 rings (SSSR count). The van der Waals surface area contributed by atoms with Gasteiger partial charge >= 0.3 is 0 Å². The molecule has 0 radical (unpaired) electrons. The van der Waals surface area contributed by atoms with Gasteiger partial charge in [-0.2, -0.15) is 4.31 Å². The first-order chi connectivity index (χ1) is 8.43. The molecule has 0 amide bonds. The molecule has 0 aliphatic carbocycles. The second-order valence-electron chi connectivity index (χ2n) is 4.60. The highest BCUT2D eigenvalue weighted by atomic mass is 35.5. The first-order valence-electron chi connectivity index (χ1n) is 5.91. The van der Waals surface area contributed by atoms with Gasteiger partial charge in [-0.25, -0.2) is 8.42 Å². The van der Waals surface area contributed by atoms with Gasteiger partial charge in [0.25, 0.3) is 0 Å². The average molecular weight is 289 g/mol. The van der Waals surface area contributed by atoms with Crippen molar-refractivity contribution >= 4 is 21.6 Å². The Balaban J connectivity index is 2.44. The number of hydrogen-bond donors (Lipinski definition) is 1. The number of sulfonamides is 1. The van der Waals surface area contributed by atoms with Crippen LogP contribution in [0.4, 0.5) is 0 Å². The van der Waals surface area contributed by atoms with Gasteiger partial charge in [0.15, 0.2) is 0 Å². The average Bonchev–Trinajstić information content (AvgIpc) is 2.32. The molecular formula is C12H17ClN2O2S. The van der Waals surface area contributed by atoms with E-state index in [1.165, 1.54) is 4.31 Å². The van der Waals surface area contributed by atoms with Crippen LogP contribution in [0.1, 0.15) is 12.5 Å². The number of nitrogens with one attached hydrogen (secondary N) is 1. The predicted molar refractivity (Wildman–Crippen MR) is 72.4 cm³/mol. The van der Waals surface area contributed by atoms with Crippen LogP contribution in [0.3, 0.4) is 0 Å². The zero-order valence-electron chi connectivity index (χ0n) is 10.5. The number of rotatable bonds is 2. The summed E-state index contributed by atoms with van der Waals surface area (Å²) < 4.78 is 26.7. The van der Waals surface area contributed by atoms with E-state index in [1.54, 1.807) is 12.1 Å². The largest absolute Gasteiger partial charge is 0.314 e. The van der Waals surface area contributed by atoms with Gasteiger partial charge in [0.2, 0.25) is 10.0 Å². The molecule has 1 aliphatic heterocycles. The highest BCUT2D eigenvalue weighted by Gasteiger charge is 2.32. The number of aryl methyl sites for hydroxylation is 1. The Kier molecular flexibility index (Phi) is 3.96. The standard InChI is InChI=1S/C12H17ClN2O2S/c1-9-3-4-11(13)12(7-9)18(16,17)15-6-5-14-8-10(15)2/h3-4,7,10,14H,5-6,8H2,1-2H3. The molecule has 1 saturated heterocycles. The molecular weight excluding hydrogens is 272 g/mol. The van der Waals surface area contributed by atoms with Crippen molar-refractivity contribution in [2.24, 2.45) is 0 Å². The van der Waals surface area contributed by atoms with Crippen molar-refractivity contribution in [3.05, 3.63) is 28.8 Å². The maximum Gasteiger partial charge on any atom is 0.244 e. The van der Waals surface area contributed by atoms with Gasteiger partial charge in [0.05, 0.1) is 5.02 Å². The summed E-state index contributed by atoms with van der Waals surface area (Å²) in [7, 11) is -3.50. The Hall–Kier alpha value is -0.620. The number of halogens is 1. The zero-order chi connectivity index (χ0) is 13.3. The summed E-state index contributed by atoms with van der Waals surface area (Å²) in [6.07, 6.45) is 0. The quantitative estimate of drug-likeness (QED) is 0.900. The SMILES string of the molecule is Cc1ccc(Cl)c(S(=O)(=O)N2CCNCC2C)c1. The minimum atomic E-state index is -3.50. The van der Waals surface area contributed by atoms with Crippen LogP contribution < -0.4 is 5.32 Å². The molecule has 6 heteroatoms. The van der Waals surface area contributed by atoms with Gasteiger partial charge in [-0.1, -0.05) is 17.7 Å². The van der Waals surface area contributed by atoms with Crippen molar-refractivity contribution in [2.45, 2.75) is 24.8 Å². The van der Waals surface area contributed by atoms with Gasteiger partial charge in [0.1, 0.15) is 4.90 Å². The van der Waals surface area contributed by atoms with Crippen molar-refractivity contribution < 1.29 is 8.42 Å². The van der Waals surface area contributed by atoms with E-state index >= 15 is 0 Å². The molecule has 1 aromatic rings. The van der Waals surface area contributed by atoms with E-state index in [9.17, 15) is 8.42 Å². The van der Waals surface area contributed by atoms with E-state index in [-0.39, 0.29) is 16.0 Å². The Morgan fingerprint density at radius 1 is 1.44 bits per heavy atom. The molecule has 0 saturated carbocycles. The van der Waals surface area contributed by atoms with Crippen molar-refractivity contribution in [3.8, 4) is 0 Å². The van der Waals surface area contributed by atoms with Crippen LogP contribution in [0, 0.1) is 6.92 Å². The molecule has 1 N–H and O–H groups in total. The molecule has 0 spiro atoms. The monoisotopic (exact) mass is 288 g/mol. The molecule has 1 fully saturated rings. The fraction of sp³-hybridized carbons (Fsp3) is 0.500. The summed E-state index contributed by atoms with van der Waals surface area (Å²) in [4.78, 5) is 0.206. The van der Waals surface area contributed by atoms with E-state index in [0.717, 1.165) is 5.56 Å². The molecule has 1 aromatic carbocycles. The first-order valence-corrected chi connectivity index (χ1v) is 7.73. The Morgan fingerprint density at radius 3 is 2.83 bits per heavy atom. The maximum atomic E-state index is 12.6. The first kappa shape index (κ1) is 13.8. The molecule has 1 unspecified atom stereocenters. The van der Waals surface area contributed by atoms with Crippen molar-refractivity contribution in [1.29, 1.82) is 0 Å². The highest BCUT2D eigenvalue weighted by molar-refractivity contribution is 7.89. The number of hydrogen-bond acceptors (Lipinski definition) is 3. The van der Waals surface area contributed by atoms with Crippen LogP contribution in [0.5, 0.6) is 0 Å². The summed E-state index contributed by atoms with van der Waals surface area (Å²) in [5.41, 5.74) is 0.890. The van der Waals surface area contributed by atoms with E-state index in [4.69, 9.17) is 11.6 Å². The van der Waals surface area contributed by atoms with E-state index in [2.05, 4.69) is 5.32 Å². The smallest absolute Gasteiger partial charge is 0.244 e. The number of benzene rings is 1. The van der Waals surface area contributed by atoms with Gasteiger partial charge in [-0.3, -0.25) is 0 Å². The lowest BCUT2D eigenvalue weighted by Gasteiger charge is -2.33. The van der Waals surface area contributed by atoms with Crippen LogP contribution in [0.25, 0.3) is 0 Å². The molecule has 100 valence electrons. The van der Waals surface area contributed by atoms with Crippen molar-refractivity contribution in [2.75, 3.05) is 19.6 Å². The van der Waals surface area contributed by atoms with Gasteiger partial charge in [-0.15, -0.1) is 0 Å². The van der Waals surface area contributed by atoms with Gasteiger partial charge < -0.3 is 5.32 Å². The lowest BCUT2D eigenvalue weighted by molar-refractivity contribution is 0.284. The topological polar surface area (TPSA) is 49.4 Å². The summed E-state index contributed by atoms with van der Waals surface area (Å²) in [6, 6.07) is 5.02. The molecule has 1 heterocycles. The molecule has 0 aromatic heterocycles. The van der Waals surface area contributed by atoms with E-state index in [0.29, 0.717) is 19.6 Å². The normalized spacial score (nSPS) is 22.1. The zero-order valence-corrected chi connectivity index (χ0v) is 12.1. The second kappa shape index (κ2) is 5.17. The highest BCUT2D eigenvalue weighted by Crippen LogP contribution is 2.27. The second-order valence-corrected chi connectivity index (χ2v) is 6.87. The fourth-order valence-electron chi connectivity index (χ4n) is 2.11. The molecule has 0 bridgehead atoms. The molecule has 4 nitrogen and oxygen atoms in total. The number of piperazine rings is 1. The third kappa shape index (κ3) is 2.54. The maximum absolute atomic E-state index is 12.6. The Bertz CT molecular complexity index is 545. The fourth-order valence-corrected chi connectivity index (χ4v) is 4.31. The van der Waals surface area contributed by atoms with Crippen LogP contribution >= 0.6 is 11.6 Å². The summed E-state index contributed by atoms with van der Waals surface area (Å²) in [6.45, 7) is 5.58. The van der Waals surface area contributed by atoms with Crippen molar-refractivity contribution in [1.82, 2.24) is 9.62 Å². The third-order valence-corrected chi connectivity index (χ3v) is 5.61. The summed E-state index contributed by atoms with van der Waals surface area (Å²) in [5.74, 6) is 0. The van der Waals surface area contributed by atoms with E-state index < -0.39 is 10.0 Å². The Labute approximate surface area is 113 Å². The lowest BCUT2D eigenvalue weighted by Crippen LogP contribution is -2.52. The number of nitrogens with zero attached hydrogens (tertiary/aromatic N) is 1. The minimum absolute atomic E-state index is 0.0553. The van der Waals surface area contributed by atoms with Crippen molar-refractivity contribution in [3.63, 3.8) is 0 Å². The molecule has 18 heavy (non-hydrogen) atoms. The van der Waals surface area contributed by atoms with Gasteiger partial charge in [0, 0.05) is 25.7 Å². The van der Waals surface area contributed by atoms with Crippen LogP contribution in [0.2, 0.25) is 5.02 Å². The summed E-state index contributed by atoms with van der Waals surface area (Å²) in [5, 5.41) is 3.46. The predicted octanol–water partition coefficient (Wildman–Crippen LogP) is 1.63. The molecule has 1 aliphatic rings. The van der Waals surface area contributed by atoms with Crippen LogP contribution in [-0.2, 0) is 10.0 Å². The molecule has 1 atom stereocenters. The summed E-state index contributed by atoms with van der Waals surface area (Å²) >= 11 is 6.03. The Morgan fingerprint density at radius 2 is 2.17 bits per heavy atom. The third-order valence-electron chi connectivity index (χ3n) is 3.11.